The summed E-state index contributed by atoms with van der Waals surface area (Å²) < 4.78 is 58.2. The van der Waals surface area contributed by atoms with Gasteiger partial charge in [-0.15, -0.1) is 0 Å². The molecule has 6 nitrogen and oxygen atoms in total. The van der Waals surface area contributed by atoms with E-state index in [4.69, 9.17) is 0 Å². The van der Waals surface area contributed by atoms with Gasteiger partial charge in [0.15, 0.2) is 0 Å². The molecule has 0 aliphatic carbocycles. The van der Waals surface area contributed by atoms with Gasteiger partial charge in [0.2, 0.25) is 5.91 Å². The van der Waals surface area contributed by atoms with E-state index < -0.39 is 36.2 Å². The fourth-order valence-electron chi connectivity index (χ4n) is 2.75. The molecule has 0 saturated heterocycles. The van der Waals surface area contributed by atoms with E-state index in [0.717, 1.165) is 19.1 Å². The average Bonchev–Trinajstić information content (AvgIpc) is 2.73. The molecule has 1 unspecified atom stereocenters. The third kappa shape index (κ3) is 6.66. The SMILES string of the molecule is CCC(F)(F)C(F)(F)Oc1ccc(C(C)NC(=O)c2cc(C)nc(NC(=O)C(C)C)c2)cc1. The second kappa shape index (κ2) is 10.2. The first-order valence-electron chi connectivity index (χ1n) is 10.4. The van der Waals surface area contributed by atoms with Crippen LogP contribution in [0.3, 0.4) is 0 Å². The number of ether oxygens (including phenoxy) is 1. The van der Waals surface area contributed by atoms with Gasteiger partial charge in [-0.05, 0) is 43.7 Å². The number of rotatable bonds is 9. The number of aromatic nitrogens is 1. The third-order valence-corrected chi connectivity index (χ3v) is 4.83. The number of benzene rings is 1. The van der Waals surface area contributed by atoms with Crippen LogP contribution in [0.4, 0.5) is 23.4 Å². The fourth-order valence-corrected chi connectivity index (χ4v) is 2.75. The molecule has 0 aliphatic rings. The minimum atomic E-state index is -4.65. The zero-order valence-electron chi connectivity index (χ0n) is 19.0. The molecule has 2 rings (SSSR count). The maximum absolute atomic E-state index is 13.6. The summed E-state index contributed by atoms with van der Waals surface area (Å²) in [5.41, 5.74) is 1.34. The Labute approximate surface area is 189 Å². The number of hydrogen-bond donors (Lipinski definition) is 2. The van der Waals surface area contributed by atoms with Gasteiger partial charge in [0.1, 0.15) is 11.6 Å². The van der Waals surface area contributed by atoms with Crippen molar-refractivity contribution in [1.29, 1.82) is 0 Å². The molecule has 180 valence electrons. The van der Waals surface area contributed by atoms with Crippen LogP contribution >= 0.6 is 0 Å². The Morgan fingerprint density at radius 3 is 2.21 bits per heavy atom. The molecular weight excluding hydrogens is 442 g/mol. The summed E-state index contributed by atoms with van der Waals surface area (Å²) in [6.07, 6.45) is -5.72. The van der Waals surface area contributed by atoms with E-state index in [1.165, 1.54) is 18.2 Å². The van der Waals surface area contributed by atoms with Crippen LogP contribution in [0.5, 0.6) is 5.75 Å². The molecule has 0 aliphatic heterocycles. The van der Waals surface area contributed by atoms with Gasteiger partial charge in [-0.1, -0.05) is 32.9 Å². The summed E-state index contributed by atoms with van der Waals surface area (Å²) in [5.74, 6) is -5.42. The first-order chi connectivity index (χ1) is 15.3. The van der Waals surface area contributed by atoms with Crippen molar-refractivity contribution in [3.8, 4) is 5.75 Å². The van der Waals surface area contributed by atoms with E-state index in [-0.39, 0.29) is 23.2 Å². The van der Waals surface area contributed by atoms with Crippen molar-refractivity contribution < 1.29 is 31.9 Å². The lowest BCUT2D eigenvalue weighted by atomic mass is 10.1. The van der Waals surface area contributed by atoms with E-state index in [2.05, 4.69) is 20.4 Å². The number of pyridine rings is 1. The highest BCUT2D eigenvalue weighted by Gasteiger charge is 2.57. The van der Waals surface area contributed by atoms with E-state index in [9.17, 15) is 27.2 Å². The van der Waals surface area contributed by atoms with Crippen molar-refractivity contribution in [2.24, 2.45) is 5.92 Å². The molecule has 0 bridgehead atoms. The topological polar surface area (TPSA) is 80.3 Å². The average molecular weight is 469 g/mol. The lowest BCUT2D eigenvalue weighted by molar-refractivity contribution is -0.309. The van der Waals surface area contributed by atoms with Crippen molar-refractivity contribution in [2.45, 2.75) is 59.1 Å². The predicted molar refractivity (Wildman–Crippen MR) is 116 cm³/mol. The molecule has 0 saturated carbocycles. The van der Waals surface area contributed by atoms with Gasteiger partial charge in [-0.3, -0.25) is 9.59 Å². The summed E-state index contributed by atoms with van der Waals surface area (Å²) in [6.45, 7) is 7.75. The molecule has 2 aromatic rings. The Hall–Kier alpha value is -3.17. The Morgan fingerprint density at radius 1 is 1.06 bits per heavy atom. The van der Waals surface area contributed by atoms with Crippen molar-refractivity contribution in [3.63, 3.8) is 0 Å². The van der Waals surface area contributed by atoms with Crippen molar-refractivity contribution in [3.05, 3.63) is 53.2 Å². The molecule has 33 heavy (non-hydrogen) atoms. The van der Waals surface area contributed by atoms with Crippen molar-refractivity contribution in [2.75, 3.05) is 5.32 Å². The summed E-state index contributed by atoms with van der Waals surface area (Å²) in [5, 5.41) is 5.40. The number of amides is 2. The van der Waals surface area contributed by atoms with Gasteiger partial charge in [-0.25, -0.2) is 4.98 Å². The highest BCUT2D eigenvalue weighted by atomic mass is 19.3. The second-order valence-electron chi connectivity index (χ2n) is 7.97. The first-order valence-corrected chi connectivity index (χ1v) is 10.4. The highest BCUT2D eigenvalue weighted by molar-refractivity contribution is 5.97. The molecule has 0 radical (unpaired) electrons. The molecule has 2 N–H and O–H groups in total. The predicted octanol–water partition coefficient (Wildman–Crippen LogP) is 5.49. The van der Waals surface area contributed by atoms with E-state index in [0.29, 0.717) is 11.3 Å². The molecular formula is C23H27F4N3O3. The number of anilines is 1. The zero-order valence-corrected chi connectivity index (χ0v) is 19.0. The third-order valence-electron chi connectivity index (χ3n) is 4.83. The minimum Gasteiger partial charge on any atom is -0.428 e. The molecule has 0 fully saturated rings. The van der Waals surface area contributed by atoms with E-state index in [1.54, 1.807) is 33.8 Å². The Bertz CT molecular complexity index is 995. The largest absolute Gasteiger partial charge is 0.464 e. The number of aryl methyl sites for hydroxylation is 1. The number of halogens is 4. The van der Waals surface area contributed by atoms with Crippen molar-refractivity contribution in [1.82, 2.24) is 10.3 Å². The number of nitrogens with zero attached hydrogens (tertiary/aromatic N) is 1. The van der Waals surface area contributed by atoms with Crippen LogP contribution < -0.4 is 15.4 Å². The molecule has 2 amide bonds. The second-order valence-corrected chi connectivity index (χ2v) is 7.97. The van der Waals surface area contributed by atoms with Crippen LogP contribution in [-0.2, 0) is 4.79 Å². The molecule has 1 atom stereocenters. The quantitative estimate of drug-likeness (QED) is 0.476. The number of carbonyl (C=O) groups excluding carboxylic acids is 2. The molecule has 1 heterocycles. The van der Waals surface area contributed by atoms with Crippen LogP contribution in [0.1, 0.15) is 61.8 Å². The molecule has 1 aromatic carbocycles. The highest BCUT2D eigenvalue weighted by Crippen LogP contribution is 2.38. The Morgan fingerprint density at radius 2 is 1.67 bits per heavy atom. The van der Waals surface area contributed by atoms with Crippen LogP contribution in [0.2, 0.25) is 0 Å². The lowest BCUT2D eigenvalue weighted by Gasteiger charge is -2.25. The number of nitrogens with one attached hydrogen (secondary N) is 2. The minimum absolute atomic E-state index is 0.239. The Balaban J connectivity index is 2.09. The molecule has 1 aromatic heterocycles. The standard InChI is InChI=1S/C23H27F4N3O3/c1-6-22(24,25)23(26,27)33-18-9-7-16(8-10-18)15(5)29-21(32)17-11-14(4)28-19(12-17)30-20(31)13(2)3/h7-13,15H,6H2,1-5H3,(H,29,32)(H,28,30,31). The normalized spacial score (nSPS) is 12.9. The number of hydrogen-bond acceptors (Lipinski definition) is 4. The van der Waals surface area contributed by atoms with Crippen LogP contribution in [0, 0.1) is 12.8 Å². The summed E-state index contributed by atoms with van der Waals surface area (Å²) >= 11 is 0. The first kappa shape index (κ1) is 26.1. The van der Waals surface area contributed by atoms with Gasteiger partial charge >= 0.3 is 12.0 Å². The lowest BCUT2D eigenvalue weighted by Crippen LogP contribution is -2.44. The van der Waals surface area contributed by atoms with Crippen molar-refractivity contribution >= 4 is 17.6 Å². The Kier molecular flexibility index (Phi) is 8.05. The van der Waals surface area contributed by atoms with Gasteiger partial charge in [0, 0.05) is 23.6 Å². The monoisotopic (exact) mass is 469 g/mol. The van der Waals surface area contributed by atoms with E-state index >= 15 is 0 Å². The van der Waals surface area contributed by atoms with Crippen LogP contribution in [-0.4, -0.2) is 28.8 Å². The maximum Gasteiger partial charge on any atom is 0.464 e. The number of carbonyl (C=O) groups is 2. The van der Waals surface area contributed by atoms with Crippen LogP contribution in [0.25, 0.3) is 0 Å². The molecule has 0 spiro atoms. The summed E-state index contributed by atoms with van der Waals surface area (Å²) in [4.78, 5) is 28.8. The number of alkyl halides is 4. The summed E-state index contributed by atoms with van der Waals surface area (Å²) in [7, 11) is 0. The molecule has 10 heteroatoms. The maximum atomic E-state index is 13.6. The van der Waals surface area contributed by atoms with E-state index in [1.807, 2.05) is 0 Å². The smallest absolute Gasteiger partial charge is 0.428 e. The summed E-state index contributed by atoms with van der Waals surface area (Å²) in [6, 6.07) is 7.52. The van der Waals surface area contributed by atoms with Gasteiger partial charge in [0.25, 0.3) is 5.91 Å². The van der Waals surface area contributed by atoms with Crippen LogP contribution in [0.15, 0.2) is 36.4 Å². The van der Waals surface area contributed by atoms with Gasteiger partial charge in [0.05, 0.1) is 6.04 Å². The van der Waals surface area contributed by atoms with Gasteiger partial charge in [-0.2, -0.15) is 17.6 Å². The van der Waals surface area contributed by atoms with Gasteiger partial charge < -0.3 is 15.4 Å². The fraction of sp³-hybridized carbons (Fsp3) is 0.435. The zero-order chi connectivity index (χ0) is 25.0.